The molecule has 0 radical (unpaired) electrons. The van der Waals surface area contributed by atoms with E-state index >= 15 is 0 Å². The molecule has 0 spiro atoms. The normalized spacial score (nSPS) is 14.8. The summed E-state index contributed by atoms with van der Waals surface area (Å²) >= 11 is 0. The molecule has 0 fully saturated rings. The molecule has 0 aromatic heterocycles. The first-order valence-corrected chi connectivity index (χ1v) is 5.66. The lowest BCUT2D eigenvalue weighted by Crippen LogP contribution is -2.26. The lowest BCUT2D eigenvalue weighted by Gasteiger charge is -2.37. The average molecular weight is 170 g/mol. The van der Waals surface area contributed by atoms with Crippen molar-refractivity contribution in [1.82, 2.24) is 0 Å². The van der Waals surface area contributed by atoms with Crippen LogP contribution in [0, 0.1) is 11.3 Å². The fourth-order valence-corrected chi connectivity index (χ4v) is 2.53. The van der Waals surface area contributed by atoms with Crippen LogP contribution in [0.4, 0.5) is 0 Å². The Labute approximate surface area is 78.8 Å². The third kappa shape index (κ3) is 2.50. The molecule has 0 aliphatic rings. The summed E-state index contributed by atoms with van der Waals surface area (Å²) in [6.07, 6.45) is 6.78. The van der Waals surface area contributed by atoms with Crippen LogP contribution in [-0.2, 0) is 0 Å². The van der Waals surface area contributed by atoms with Crippen molar-refractivity contribution in [2.24, 2.45) is 11.3 Å². The van der Waals surface area contributed by atoms with E-state index in [4.69, 9.17) is 0 Å². The monoisotopic (exact) mass is 170 g/mol. The second kappa shape index (κ2) is 5.61. The minimum atomic E-state index is 0.635. The maximum Gasteiger partial charge on any atom is -0.0280 e. The van der Waals surface area contributed by atoms with Gasteiger partial charge < -0.3 is 0 Å². The third-order valence-electron chi connectivity index (χ3n) is 3.88. The highest BCUT2D eigenvalue weighted by Crippen LogP contribution is 2.40. The summed E-state index contributed by atoms with van der Waals surface area (Å²) in [4.78, 5) is 0. The van der Waals surface area contributed by atoms with Crippen molar-refractivity contribution < 1.29 is 0 Å². The molecule has 0 aromatic carbocycles. The highest BCUT2D eigenvalue weighted by atomic mass is 14.3. The van der Waals surface area contributed by atoms with Crippen LogP contribution < -0.4 is 0 Å². The SMILES string of the molecule is CCCC(C)C(CC)(CC)CC. The van der Waals surface area contributed by atoms with E-state index in [0.717, 1.165) is 5.92 Å². The van der Waals surface area contributed by atoms with E-state index in [2.05, 4.69) is 34.6 Å². The third-order valence-corrected chi connectivity index (χ3v) is 3.88. The molecule has 0 aliphatic carbocycles. The first-order valence-electron chi connectivity index (χ1n) is 5.66. The van der Waals surface area contributed by atoms with E-state index in [9.17, 15) is 0 Å². The minimum Gasteiger partial charge on any atom is -0.0654 e. The van der Waals surface area contributed by atoms with E-state index in [0.29, 0.717) is 5.41 Å². The van der Waals surface area contributed by atoms with Gasteiger partial charge in [-0.25, -0.2) is 0 Å². The van der Waals surface area contributed by atoms with Crippen molar-refractivity contribution in [2.45, 2.75) is 66.7 Å². The largest absolute Gasteiger partial charge is 0.0654 e. The summed E-state index contributed by atoms with van der Waals surface area (Å²) in [6.45, 7) is 11.8. The van der Waals surface area contributed by atoms with E-state index in [-0.39, 0.29) is 0 Å². The Balaban J connectivity index is 4.24. The van der Waals surface area contributed by atoms with E-state index in [1.165, 1.54) is 32.1 Å². The topological polar surface area (TPSA) is 0 Å². The first kappa shape index (κ1) is 12.0. The second-order valence-corrected chi connectivity index (χ2v) is 4.11. The molecule has 0 bridgehead atoms. The van der Waals surface area contributed by atoms with Gasteiger partial charge >= 0.3 is 0 Å². The van der Waals surface area contributed by atoms with Crippen LogP contribution in [0.2, 0.25) is 0 Å². The fraction of sp³-hybridized carbons (Fsp3) is 1.00. The van der Waals surface area contributed by atoms with Gasteiger partial charge in [-0.3, -0.25) is 0 Å². The molecule has 0 rings (SSSR count). The molecule has 0 nitrogen and oxygen atoms in total. The van der Waals surface area contributed by atoms with Gasteiger partial charge in [-0.05, 0) is 11.3 Å². The quantitative estimate of drug-likeness (QED) is 0.545. The Bertz CT molecular complexity index is 92.3. The first-order chi connectivity index (χ1) is 5.66. The van der Waals surface area contributed by atoms with Crippen LogP contribution in [0.15, 0.2) is 0 Å². The van der Waals surface area contributed by atoms with Gasteiger partial charge in [0.1, 0.15) is 0 Å². The molecule has 0 heterocycles. The predicted octanol–water partition coefficient (Wildman–Crippen LogP) is 4.64. The van der Waals surface area contributed by atoms with Gasteiger partial charge in [0.05, 0.1) is 0 Å². The zero-order valence-electron chi connectivity index (χ0n) is 9.61. The van der Waals surface area contributed by atoms with Crippen LogP contribution >= 0.6 is 0 Å². The van der Waals surface area contributed by atoms with Gasteiger partial charge in [-0.1, -0.05) is 66.7 Å². The van der Waals surface area contributed by atoms with Gasteiger partial charge in [0, 0.05) is 0 Å². The average Bonchev–Trinajstić information content (AvgIpc) is 2.09. The predicted molar refractivity (Wildman–Crippen MR) is 57.4 cm³/mol. The van der Waals surface area contributed by atoms with E-state index < -0.39 is 0 Å². The maximum atomic E-state index is 2.43. The number of hydrogen-bond acceptors (Lipinski definition) is 0. The molecule has 1 atom stereocenters. The zero-order valence-corrected chi connectivity index (χ0v) is 9.61. The van der Waals surface area contributed by atoms with Crippen LogP contribution in [0.5, 0.6) is 0 Å². The van der Waals surface area contributed by atoms with Crippen LogP contribution in [0.1, 0.15) is 66.7 Å². The lowest BCUT2D eigenvalue weighted by molar-refractivity contribution is 0.139. The van der Waals surface area contributed by atoms with Crippen LogP contribution in [0.3, 0.4) is 0 Å². The Morgan fingerprint density at radius 2 is 1.33 bits per heavy atom. The molecule has 0 saturated carbocycles. The summed E-state index contributed by atoms with van der Waals surface area (Å²) in [5.41, 5.74) is 0.635. The summed E-state index contributed by atoms with van der Waals surface area (Å²) < 4.78 is 0. The van der Waals surface area contributed by atoms with Gasteiger partial charge in [0.2, 0.25) is 0 Å². The van der Waals surface area contributed by atoms with Crippen molar-refractivity contribution in [3.05, 3.63) is 0 Å². The van der Waals surface area contributed by atoms with Crippen molar-refractivity contribution >= 4 is 0 Å². The number of hydrogen-bond donors (Lipinski definition) is 0. The fourth-order valence-electron chi connectivity index (χ4n) is 2.53. The Morgan fingerprint density at radius 3 is 1.58 bits per heavy atom. The summed E-state index contributed by atoms with van der Waals surface area (Å²) in [7, 11) is 0. The summed E-state index contributed by atoms with van der Waals surface area (Å²) in [5, 5.41) is 0. The molecule has 12 heavy (non-hydrogen) atoms. The Morgan fingerprint density at radius 1 is 0.917 bits per heavy atom. The molecule has 1 unspecified atom stereocenters. The van der Waals surface area contributed by atoms with Crippen molar-refractivity contribution in [3.8, 4) is 0 Å². The van der Waals surface area contributed by atoms with Crippen molar-refractivity contribution in [1.29, 1.82) is 0 Å². The molecule has 74 valence electrons. The molecule has 0 N–H and O–H groups in total. The van der Waals surface area contributed by atoms with Gasteiger partial charge in [-0.15, -0.1) is 0 Å². The standard InChI is InChI=1S/C12H26/c1-6-10-11(5)12(7-2,8-3)9-4/h11H,6-10H2,1-5H3. The van der Waals surface area contributed by atoms with Gasteiger partial charge in [0.15, 0.2) is 0 Å². The molecule has 0 heteroatoms. The van der Waals surface area contributed by atoms with Crippen LogP contribution in [-0.4, -0.2) is 0 Å². The lowest BCUT2D eigenvalue weighted by atomic mass is 9.69. The molecule has 0 aliphatic heterocycles. The summed E-state index contributed by atoms with van der Waals surface area (Å²) in [5.74, 6) is 0.905. The maximum absolute atomic E-state index is 2.43. The number of rotatable bonds is 6. The highest BCUT2D eigenvalue weighted by molar-refractivity contribution is 4.80. The Kier molecular flexibility index (Phi) is 5.61. The molecule has 0 amide bonds. The van der Waals surface area contributed by atoms with Crippen molar-refractivity contribution in [3.63, 3.8) is 0 Å². The molecular weight excluding hydrogens is 144 g/mol. The molecular formula is C12H26. The Hall–Kier alpha value is 0. The molecule has 0 aromatic rings. The second-order valence-electron chi connectivity index (χ2n) is 4.11. The van der Waals surface area contributed by atoms with Crippen molar-refractivity contribution in [2.75, 3.05) is 0 Å². The summed E-state index contributed by atoms with van der Waals surface area (Å²) in [6, 6.07) is 0. The van der Waals surface area contributed by atoms with E-state index in [1.54, 1.807) is 0 Å². The van der Waals surface area contributed by atoms with E-state index in [1.807, 2.05) is 0 Å². The van der Waals surface area contributed by atoms with Gasteiger partial charge in [0.25, 0.3) is 0 Å². The zero-order chi connectivity index (χ0) is 9.61. The van der Waals surface area contributed by atoms with Gasteiger partial charge in [-0.2, -0.15) is 0 Å². The highest BCUT2D eigenvalue weighted by Gasteiger charge is 2.29. The minimum absolute atomic E-state index is 0.635. The smallest absolute Gasteiger partial charge is 0.0280 e. The molecule has 0 saturated heterocycles. The van der Waals surface area contributed by atoms with Crippen LogP contribution in [0.25, 0.3) is 0 Å².